The fraction of sp³-hybridized carbons (Fsp3) is 0.545. The van der Waals surface area contributed by atoms with Crippen molar-refractivity contribution in [2.75, 3.05) is 0 Å². The van der Waals surface area contributed by atoms with Gasteiger partial charge in [-0.1, -0.05) is 0 Å². The molecule has 0 bridgehead atoms. The van der Waals surface area contributed by atoms with Crippen molar-refractivity contribution < 1.29 is 24.8 Å². The highest BCUT2D eigenvalue weighted by molar-refractivity contribution is 6.13. The second kappa shape index (κ2) is 4.75. The Kier molecular flexibility index (Phi) is 3.29. The lowest BCUT2D eigenvalue weighted by Gasteiger charge is -2.25. The summed E-state index contributed by atoms with van der Waals surface area (Å²) in [4.78, 5) is 28.1. The van der Waals surface area contributed by atoms with Gasteiger partial charge in [0.2, 0.25) is 0 Å². The van der Waals surface area contributed by atoms with Crippen LogP contribution in [0.2, 0.25) is 0 Å². The van der Waals surface area contributed by atoms with Crippen LogP contribution in [0.5, 0.6) is 0 Å². The number of fused-ring (bicyclic) bond motifs is 1. The summed E-state index contributed by atoms with van der Waals surface area (Å²) in [6, 6.07) is 0. The maximum absolute atomic E-state index is 12.2. The van der Waals surface area contributed by atoms with Crippen molar-refractivity contribution in [3.8, 4) is 0 Å². The number of imidazole rings is 1. The average molecular weight is 324 g/mol. The first kappa shape index (κ1) is 15.9. The van der Waals surface area contributed by atoms with Crippen LogP contribution in [0.25, 0.3) is 11.2 Å². The summed E-state index contributed by atoms with van der Waals surface area (Å²) in [5.74, 6) is -3.11. The molecular weight excluding hydrogens is 311 g/mol. The molecule has 0 aromatic carbocycles. The van der Waals surface area contributed by atoms with Gasteiger partial charge in [-0.25, -0.2) is 9.78 Å². The SMILES string of the molecule is [B]C1(O)OC(Cn2cnc3c2c(=O)n(C)c(=O)n3C)OC1(O)O. The Labute approximate surface area is 129 Å². The van der Waals surface area contributed by atoms with Crippen LogP contribution in [0, 0.1) is 0 Å². The number of rotatable bonds is 2. The summed E-state index contributed by atoms with van der Waals surface area (Å²) in [5.41, 5.74) is -3.75. The van der Waals surface area contributed by atoms with E-state index in [2.05, 4.69) is 4.98 Å². The van der Waals surface area contributed by atoms with Gasteiger partial charge in [-0.05, 0) is 0 Å². The van der Waals surface area contributed by atoms with Crippen molar-refractivity contribution >= 4 is 19.0 Å². The van der Waals surface area contributed by atoms with Crippen LogP contribution in [0.15, 0.2) is 15.9 Å². The Morgan fingerprint density at radius 1 is 1.26 bits per heavy atom. The number of nitrogens with zero attached hydrogens (tertiary/aromatic N) is 4. The molecule has 1 aliphatic heterocycles. The van der Waals surface area contributed by atoms with E-state index < -0.39 is 29.2 Å². The predicted molar refractivity (Wildman–Crippen MR) is 74.0 cm³/mol. The molecule has 2 unspecified atom stereocenters. The number of hydrogen-bond acceptors (Lipinski definition) is 8. The van der Waals surface area contributed by atoms with Crippen LogP contribution in [0.1, 0.15) is 0 Å². The maximum atomic E-state index is 12.2. The lowest BCUT2D eigenvalue weighted by Crippen LogP contribution is -2.52. The molecule has 3 rings (SSSR count). The molecule has 3 N–H and O–H groups in total. The molecule has 12 heteroatoms. The van der Waals surface area contributed by atoms with E-state index in [4.69, 9.17) is 17.3 Å². The Bertz CT molecular complexity index is 880. The van der Waals surface area contributed by atoms with Crippen molar-refractivity contribution in [2.24, 2.45) is 14.1 Å². The molecule has 1 saturated heterocycles. The van der Waals surface area contributed by atoms with Gasteiger partial charge in [-0.2, -0.15) is 0 Å². The van der Waals surface area contributed by atoms with Crippen molar-refractivity contribution in [3.63, 3.8) is 0 Å². The zero-order chi connectivity index (χ0) is 17.2. The molecule has 11 nitrogen and oxygen atoms in total. The number of ether oxygens (including phenoxy) is 2. The van der Waals surface area contributed by atoms with E-state index in [1.165, 1.54) is 29.6 Å². The zero-order valence-electron chi connectivity index (χ0n) is 12.2. The molecule has 2 aromatic rings. The van der Waals surface area contributed by atoms with E-state index in [1.807, 2.05) is 0 Å². The van der Waals surface area contributed by atoms with E-state index in [9.17, 15) is 24.9 Å². The van der Waals surface area contributed by atoms with Crippen molar-refractivity contribution in [1.29, 1.82) is 0 Å². The molecular formula is C11H13BN4O7. The Hall–Kier alpha value is -1.99. The Morgan fingerprint density at radius 3 is 2.48 bits per heavy atom. The van der Waals surface area contributed by atoms with E-state index in [0.717, 1.165) is 4.57 Å². The van der Waals surface area contributed by atoms with Gasteiger partial charge in [0.05, 0.1) is 12.9 Å². The molecule has 2 aromatic heterocycles. The van der Waals surface area contributed by atoms with Gasteiger partial charge in [0.1, 0.15) is 0 Å². The van der Waals surface area contributed by atoms with Crippen molar-refractivity contribution in [1.82, 2.24) is 18.7 Å². The smallest absolute Gasteiger partial charge is 0.332 e. The van der Waals surface area contributed by atoms with E-state index in [0.29, 0.717) is 0 Å². The number of hydrogen-bond donors (Lipinski definition) is 3. The summed E-state index contributed by atoms with van der Waals surface area (Å²) in [6.45, 7) is -0.230. The average Bonchev–Trinajstić information content (AvgIpc) is 2.93. The highest BCUT2D eigenvalue weighted by atomic mass is 16.9. The number of aliphatic hydroxyl groups is 3. The first-order chi connectivity index (χ1) is 10.5. The maximum Gasteiger partial charge on any atom is 0.332 e. The fourth-order valence-electron chi connectivity index (χ4n) is 2.34. The van der Waals surface area contributed by atoms with Crippen LogP contribution in [-0.2, 0) is 30.1 Å². The quantitative estimate of drug-likeness (QED) is 0.378. The first-order valence-corrected chi connectivity index (χ1v) is 6.47. The lowest BCUT2D eigenvalue weighted by molar-refractivity contribution is -0.372. The normalized spacial score (nSPS) is 26.9. The molecule has 23 heavy (non-hydrogen) atoms. The molecule has 2 atom stereocenters. The molecule has 2 radical (unpaired) electrons. The molecule has 0 saturated carbocycles. The molecule has 3 heterocycles. The third-order valence-electron chi connectivity index (χ3n) is 3.64. The largest absolute Gasteiger partial charge is 0.367 e. The predicted octanol–water partition coefficient (Wildman–Crippen LogP) is -3.74. The number of aryl methyl sites for hydroxylation is 1. The minimum absolute atomic E-state index is 0.0794. The summed E-state index contributed by atoms with van der Waals surface area (Å²) in [5, 5.41) is 28.3. The van der Waals surface area contributed by atoms with Crippen LogP contribution >= 0.6 is 0 Å². The number of aromatic nitrogens is 4. The zero-order valence-corrected chi connectivity index (χ0v) is 12.2. The molecule has 122 valence electrons. The van der Waals surface area contributed by atoms with Crippen molar-refractivity contribution in [3.05, 3.63) is 27.2 Å². The van der Waals surface area contributed by atoms with E-state index >= 15 is 0 Å². The highest BCUT2D eigenvalue weighted by Gasteiger charge is 2.56. The minimum Gasteiger partial charge on any atom is -0.367 e. The van der Waals surface area contributed by atoms with Crippen LogP contribution in [0.3, 0.4) is 0 Å². The minimum atomic E-state index is -3.11. The monoisotopic (exact) mass is 324 g/mol. The van der Waals surface area contributed by atoms with Gasteiger partial charge >= 0.3 is 11.7 Å². The summed E-state index contributed by atoms with van der Waals surface area (Å²) >= 11 is 0. The van der Waals surface area contributed by atoms with Gasteiger partial charge < -0.3 is 24.6 Å². The second-order valence-corrected chi connectivity index (χ2v) is 5.24. The van der Waals surface area contributed by atoms with Gasteiger partial charge in [-0.15, -0.1) is 0 Å². The van der Waals surface area contributed by atoms with Crippen molar-refractivity contribution in [2.45, 2.75) is 24.5 Å². The summed E-state index contributed by atoms with van der Waals surface area (Å²) < 4.78 is 12.9. The lowest BCUT2D eigenvalue weighted by atomic mass is 9.93. The fourth-order valence-corrected chi connectivity index (χ4v) is 2.34. The topological polar surface area (TPSA) is 141 Å². The Balaban J connectivity index is 2.04. The van der Waals surface area contributed by atoms with Gasteiger partial charge in [-0.3, -0.25) is 18.7 Å². The third kappa shape index (κ3) is 2.23. The van der Waals surface area contributed by atoms with Crippen LogP contribution < -0.4 is 11.2 Å². The first-order valence-electron chi connectivity index (χ1n) is 6.47. The van der Waals surface area contributed by atoms with Crippen LogP contribution in [0.4, 0.5) is 0 Å². The molecule has 0 amide bonds. The molecule has 0 spiro atoms. The highest BCUT2D eigenvalue weighted by Crippen LogP contribution is 2.31. The standard InChI is InChI=1S/C11H13BN4O7/c1-14-7-6(8(17)15(2)9(14)18)16(4-13-7)3-5-22-10(12,19)11(20,21)23-5/h4-5,19-21H,3H2,1-2H3. The molecule has 1 fully saturated rings. The summed E-state index contributed by atoms with van der Waals surface area (Å²) in [7, 11) is 7.93. The Morgan fingerprint density at radius 2 is 1.91 bits per heavy atom. The van der Waals surface area contributed by atoms with Gasteiger partial charge in [0, 0.05) is 14.1 Å². The van der Waals surface area contributed by atoms with Crippen LogP contribution in [-0.4, -0.2) is 59.8 Å². The summed E-state index contributed by atoms with van der Waals surface area (Å²) in [6.07, 6.45) is -0.109. The second-order valence-electron chi connectivity index (χ2n) is 5.24. The third-order valence-corrected chi connectivity index (χ3v) is 3.64. The van der Waals surface area contributed by atoms with E-state index in [-0.39, 0.29) is 17.7 Å². The van der Waals surface area contributed by atoms with Gasteiger partial charge in [0.25, 0.3) is 5.56 Å². The van der Waals surface area contributed by atoms with Gasteiger partial charge in [0.15, 0.2) is 31.0 Å². The molecule has 0 aliphatic carbocycles. The molecule has 1 aliphatic rings. The van der Waals surface area contributed by atoms with E-state index in [1.54, 1.807) is 0 Å².